The van der Waals surface area contributed by atoms with Gasteiger partial charge in [0, 0.05) is 25.6 Å². The van der Waals surface area contributed by atoms with E-state index in [1.54, 1.807) is 6.92 Å². The Morgan fingerprint density at radius 3 is 2.72 bits per heavy atom. The predicted octanol–water partition coefficient (Wildman–Crippen LogP) is 1.06. The Balaban J connectivity index is 1.89. The van der Waals surface area contributed by atoms with Gasteiger partial charge in [-0.2, -0.15) is 0 Å². The van der Waals surface area contributed by atoms with Crippen LogP contribution in [-0.2, 0) is 20.9 Å². The van der Waals surface area contributed by atoms with Gasteiger partial charge in [0.1, 0.15) is 0 Å². The number of non-ortho nitro benzene ring substituents is 1. The fraction of sp³-hybridized carbons (Fsp3) is 0.412. The molecule has 0 aliphatic carbocycles. The summed E-state index contributed by atoms with van der Waals surface area (Å²) in [4.78, 5) is 57.0. The maximum absolute atomic E-state index is 11.9. The average Bonchev–Trinajstić information content (AvgIpc) is 2.96. The third kappa shape index (κ3) is 5.64. The minimum absolute atomic E-state index is 0.0717. The lowest BCUT2D eigenvalue weighted by Gasteiger charge is -2.13. The van der Waals surface area contributed by atoms with Crippen molar-refractivity contribution >= 4 is 34.7 Å². The van der Waals surface area contributed by atoms with Gasteiger partial charge < -0.3 is 14.5 Å². The van der Waals surface area contributed by atoms with Gasteiger partial charge in [0.25, 0.3) is 11.6 Å². The van der Waals surface area contributed by atoms with Crippen molar-refractivity contribution in [2.45, 2.75) is 39.3 Å². The van der Waals surface area contributed by atoms with Gasteiger partial charge in [0.05, 0.1) is 16.5 Å². The second-order valence-corrected chi connectivity index (χ2v) is 6.01. The Morgan fingerprint density at radius 2 is 2.07 bits per heavy atom. The van der Waals surface area contributed by atoms with Crippen molar-refractivity contribution in [3.63, 3.8) is 0 Å². The van der Waals surface area contributed by atoms with Gasteiger partial charge in [0.2, 0.25) is 0 Å². The smallest absolute Gasteiger partial charge is 0.419 e. The van der Waals surface area contributed by atoms with E-state index in [-0.39, 0.29) is 30.7 Å². The Hall–Kier alpha value is -3.70. The largest absolute Gasteiger partial charge is 0.453 e. The molecule has 2 N–H and O–H groups in total. The Kier molecular flexibility index (Phi) is 7.06. The third-order valence-electron chi connectivity index (χ3n) is 3.88. The molecule has 2 aromatic rings. The molecule has 0 saturated carbocycles. The number of aromatic nitrogens is 1. The summed E-state index contributed by atoms with van der Waals surface area (Å²) in [6.07, 6.45) is -1.05. The highest BCUT2D eigenvalue weighted by Crippen LogP contribution is 2.20. The molecule has 0 fully saturated rings. The molecular formula is C17H20N4O8. The van der Waals surface area contributed by atoms with Crippen molar-refractivity contribution in [2.24, 2.45) is 0 Å². The number of nitro groups is 1. The van der Waals surface area contributed by atoms with E-state index in [4.69, 9.17) is 9.15 Å². The summed E-state index contributed by atoms with van der Waals surface area (Å²) < 4.78 is 11.2. The quantitative estimate of drug-likeness (QED) is 0.372. The number of benzene rings is 1. The van der Waals surface area contributed by atoms with Gasteiger partial charge in [-0.25, -0.2) is 9.59 Å². The van der Waals surface area contributed by atoms with Crippen LogP contribution >= 0.6 is 0 Å². The number of fused-ring (bicyclic) bond motifs is 1. The van der Waals surface area contributed by atoms with Gasteiger partial charge in [-0.05, 0) is 26.3 Å². The zero-order valence-corrected chi connectivity index (χ0v) is 15.8. The molecule has 29 heavy (non-hydrogen) atoms. The number of hydrogen-bond donors (Lipinski definition) is 2. The van der Waals surface area contributed by atoms with Crippen molar-refractivity contribution in [2.75, 3.05) is 6.54 Å². The molecule has 1 unspecified atom stereocenters. The van der Waals surface area contributed by atoms with E-state index in [9.17, 15) is 29.3 Å². The van der Waals surface area contributed by atoms with Crippen LogP contribution < -0.4 is 16.4 Å². The SMILES string of the molecule is CCNC(=O)NC(=O)C(C)OC(=O)CCCn1c(=O)oc2cc([N+](=O)[O-])ccc21. The van der Waals surface area contributed by atoms with Crippen molar-refractivity contribution in [3.8, 4) is 0 Å². The normalized spacial score (nSPS) is 11.7. The van der Waals surface area contributed by atoms with Crippen LogP contribution in [0.25, 0.3) is 11.1 Å². The summed E-state index contributed by atoms with van der Waals surface area (Å²) in [5, 5.41) is 15.2. The van der Waals surface area contributed by atoms with Crippen LogP contribution in [0.4, 0.5) is 10.5 Å². The molecule has 12 heteroatoms. The third-order valence-corrected chi connectivity index (χ3v) is 3.88. The highest BCUT2D eigenvalue weighted by Gasteiger charge is 2.20. The first-order valence-electron chi connectivity index (χ1n) is 8.79. The number of urea groups is 1. The Bertz CT molecular complexity index is 993. The van der Waals surface area contributed by atoms with Crippen LogP contribution in [-0.4, -0.2) is 40.0 Å². The van der Waals surface area contributed by atoms with E-state index in [1.165, 1.54) is 23.6 Å². The van der Waals surface area contributed by atoms with Gasteiger partial charge in [-0.1, -0.05) is 0 Å². The molecule has 3 amide bonds. The fourth-order valence-corrected chi connectivity index (χ4v) is 2.49. The van der Waals surface area contributed by atoms with Crippen LogP contribution in [0.2, 0.25) is 0 Å². The molecule has 0 aliphatic rings. The molecule has 0 saturated heterocycles. The van der Waals surface area contributed by atoms with Crippen LogP contribution in [0, 0.1) is 10.1 Å². The molecule has 0 spiro atoms. The van der Waals surface area contributed by atoms with Crippen molar-refractivity contribution in [1.82, 2.24) is 15.2 Å². The number of nitrogens with zero attached hydrogens (tertiary/aromatic N) is 2. The first-order chi connectivity index (χ1) is 13.7. The summed E-state index contributed by atoms with van der Waals surface area (Å²) in [5.41, 5.74) is 0.230. The Labute approximate surface area is 163 Å². The maximum atomic E-state index is 11.9. The topological polar surface area (TPSA) is 163 Å². The van der Waals surface area contributed by atoms with Crippen LogP contribution in [0.15, 0.2) is 27.4 Å². The van der Waals surface area contributed by atoms with Gasteiger partial charge in [0.15, 0.2) is 11.7 Å². The molecule has 0 radical (unpaired) electrons. The lowest BCUT2D eigenvalue weighted by atomic mass is 10.2. The summed E-state index contributed by atoms with van der Waals surface area (Å²) in [7, 11) is 0. The minimum Gasteiger partial charge on any atom is -0.453 e. The summed E-state index contributed by atoms with van der Waals surface area (Å²) in [6, 6.07) is 3.10. The molecule has 12 nitrogen and oxygen atoms in total. The second kappa shape index (κ2) is 9.48. The molecule has 156 valence electrons. The lowest BCUT2D eigenvalue weighted by molar-refractivity contribution is -0.384. The van der Waals surface area contributed by atoms with Crippen molar-refractivity contribution in [1.29, 1.82) is 0 Å². The monoisotopic (exact) mass is 408 g/mol. The van der Waals surface area contributed by atoms with E-state index < -0.39 is 34.7 Å². The number of hydrogen-bond acceptors (Lipinski definition) is 8. The van der Waals surface area contributed by atoms with Crippen molar-refractivity contribution in [3.05, 3.63) is 38.9 Å². The molecular weight excluding hydrogens is 388 g/mol. The summed E-state index contributed by atoms with van der Waals surface area (Å²) in [5.74, 6) is -2.15. The fourth-order valence-electron chi connectivity index (χ4n) is 2.49. The molecule has 1 aromatic heterocycles. The number of oxazole rings is 1. The second-order valence-electron chi connectivity index (χ2n) is 6.01. The summed E-state index contributed by atoms with van der Waals surface area (Å²) >= 11 is 0. The Morgan fingerprint density at radius 1 is 1.34 bits per heavy atom. The van der Waals surface area contributed by atoms with Gasteiger partial charge in [-0.3, -0.25) is 29.6 Å². The standard InChI is InChI=1S/C17H20N4O8/c1-3-18-16(24)19-15(23)10(2)28-14(22)5-4-8-20-12-7-6-11(21(26)27)9-13(12)29-17(20)25/h6-7,9-10H,3-5,8H2,1-2H3,(H2,18,19,23,24). The zero-order valence-electron chi connectivity index (χ0n) is 15.8. The lowest BCUT2D eigenvalue weighted by Crippen LogP contribution is -2.44. The molecule has 1 heterocycles. The first-order valence-corrected chi connectivity index (χ1v) is 8.79. The van der Waals surface area contributed by atoms with E-state index in [0.717, 1.165) is 6.07 Å². The van der Waals surface area contributed by atoms with E-state index in [1.807, 2.05) is 5.32 Å². The molecule has 1 atom stereocenters. The first kappa shape index (κ1) is 21.6. The minimum atomic E-state index is -1.16. The zero-order chi connectivity index (χ0) is 21.6. The predicted molar refractivity (Wildman–Crippen MR) is 99.1 cm³/mol. The number of nitro benzene ring substituents is 1. The number of imide groups is 1. The van der Waals surface area contributed by atoms with E-state index >= 15 is 0 Å². The van der Waals surface area contributed by atoms with E-state index in [0.29, 0.717) is 12.1 Å². The van der Waals surface area contributed by atoms with Gasteiger partial charge >= 0.3 is 17.8 Å². The van der Waals surface area contributed by atoms with Crippen LogP contribution in [0.5, 0.6) is 0 Å². The number of carbonyl (C=O) groups excluding carboxylic acids is 3. The summed E-state index contributed by atoms with van der Waals surface area (Å²) in [6.45, 7) is 3.46. The average molecular weight is 408 g/mol. The number of ether oxygens (including phenoxy) is 1. The maximum Gasteiger partial charge on any atom is 0.419 e. The number of nitrogens with one attached hydrogen (secondary N) is 2. The number of esters is 1. The number of aryl methyl sites for hydroxylation is 1. The van der Waals surface area contributed by atoms with Crippen LogP contribution in [0.3, 0.4) is 0 Å². The molecule has 2 rings (SSSR count). The highest BCUT2D eigenvalue weighted by molar-refractivity contribution is 5.97. The number of rotatable bonds is 8. The van der Waals surface area contributed by atoms with Crippen molar-refractivity contribution < 1.29 is 28.5 Å². The molecule has 1 aromatic carbocycles. The number of amides is 3. The number of carbonyl (C=O) groups is 3. The van der Waals surface area contributed by atoms with Gasteiger partial charge in [-0.15, -0.1) is 0 Å². The highest BCUT2D eigenvalue weighted by atomic mass is 16.6. The van der Waals surface area contributed by atoms with Crippen LogP contribution in [0.1, 0.15) is 26.7 Å². The van der Waals surface area contributed by atoms with E-state index in [2.05, 4.69) is 5.32 Å². The molecule has 0 bridgehead atoms. The molecule has 0 aliphatic heterocycles.